The fraction of sp³-hybridized carbons (Fsp3) is 0.333. The third kappa shape index (κ3) is 4.12. The molecule has 0 unspecified atom stereocenters. The van der Waals surface area contributed by atoms with Crippen LogP contribution in [0.3, 0.4) is 0 Å². The van der Waals surface area contributed by atoms with Gasteiger partial charge in [-0.2, -0.15) is 0 Å². The van der Waals surface area contributed by atoms with Gasteiger partial charge in [0.2, 0.25) is 0 Å². The lowest BCUT2D eigenvalue weighted by atomic mass is 11.1. The zero-order chi connectivity index (χ0) is 4.99. The Morgan fingerprint density at radius 2 is 2.17 bits per heavy atom. The molecule has 0 saturated heterocycles. The maximum atomic E-state index is 5.08. The predicted octanol–water partition coefficient (Wildman–Crippen LogP) is 1.91. The highest BCUT2D eigenvalue weighted by molar-refractivity contribution is 6.55. The average Bonchev–Trinajstić information content (AvgIpc) is 1.35. The smallest absolute Gasteiger partial charge is 0.141 e. The van der Waals surface area contributed by atoms with Gasteiger partial charge in [-0.3, -0.25) is 0 Å². The average molecular weight is 127 g/mol. The van der Waals surface area contributed by atoms with E-state index in [9.17, 15) is 0 Å². The topological polar surface area (TPSA) is 9.23 Å². The van der Waals surface area contributed by atoms with Gasteiger partial charge in [-0.05, 0) is 0 Å². The molecule has 0 atom stereocenters. The summed E-state index contributed by atoms with van der Waals surface area (Å²) in [6, 6.07) is 0. The summed E-state index contributed by atoms with van der Waals surface area (Å²) in [6.07, 6.45) is 1.24. The summed E-state index contributed by atoms with van der Waals surface area (Å²) in [5.41, 5.74) is 0. The Morgan fingerprint density at radius 3 is 2.17 bits per heavy atom. The molecule has 1 nitrogen and oxygen atoms in total. The van der Waals surface area contributed by atoms with Crippen LogP contribution < -0.4 is 0 Å². The summed E-state index contributed by atoms with van der Waals surface area (Å²) in [4.78, 5) is 0. The monoisotopic (exact) mass is 126 g/mol. The first-order chi connectivity index (χ1) is 2.77. The van der Waals surface area contributed by atoms with Crippen molar-refractivity contribution in [1.29, 1.82) is 0 Å². The standard InChI is InChI=1S/C3H4Cl2O/c1-6-2-3(4)5/h2H,1H3. The van der Waals surface area contributed by atoms with Gasteiger partial charge in [0.1, 0.15) is 10.8 Å². The molecular weight excluding hydrogens is 123 g/mol. The lowest BCUT2D eigenvalue weighted by Crippen LogP contribution is -1.61. The van der Waals surface area contributed by atoms with E-state index in [1.807, 2.05) is 0 Å². The van der Waals surface area contributed by atoms with Gasteiger partial charge in [0.05, 0.1) is 7.11 Å². The van der Waals surface area contributed by atoms with Crippen LogP contribution in [0.2, 0.25) is 0 Å². The number of hydrogen-bond donors (Lipinski definition) is 0. The summed E-state index contributed by atoms with van der Waals surface area (Å²) in [6.45, 7) is 0. The van der Waals surface area contributed by atoms with E-state index in [1.54, 1.807) is 0 Å². The summed E-state index contributed by atoms with van der Waals surface area (Å²) in [7, 11) is 1.48. The molecule has 0 aromatic heterocycles. The molecule has 0 heterocycles. The largest absolute Gasteiger partial charge is 0.502 e. The lowest BCUT2D eigenvalue weighted by molar-refractivity contribution is 0.338. The third-order valence-electron chi connectivity index (χ3n) is 0.207. The quantitative estimate of drug-likeness (QED) is 0.488. The van der Waals surface area contributed by atoms with Crippen LogP contribution >= 0.6 is 23.2 Å². The molecule has 0 bridgehead atoms. The van der Waals surface area contributed by atoms with Crippen molar-refractivity contribution in [3.05, 3.63) is 10.8 Å². The van der Waals surface area contributed by atoms with E-state index in [4.69, 9.17) is 23.2 Å². The predicted molar refractivity (Wildman–Crippen MR) is 26.8 cm³/mol. The van der Waals surface area contributed by atoms with E-state index >= 15 is 0 Å². The number of methoxy groups -OCH3 is 1. The summed E-state index contributed by atoms with van der Waals surface area (Å²) >= 11 is 10.2. The van der Waals surface area contributed by atoms with Gasteiger partial charge in [-0.1, -0.05) is 23.2 Å². The zero-order valence-corrected chi connectivity index (χ0v) is 4.75. The van der Waals surface area contributed by atoms with Crippen LogP contribution in [0.5, 0.6) is 0 Å². The molecule has 0 rings (SSSR count). The molecule has 3 heteroatoms. The number of ether oxygens (including phenoxy) is 1. The maximum absolute atomic E-state index is 5.08. The van der Waals surface area contributed by atoms with Crippen molar-refractivity contribution in [2.24, 2.45) is 0 Å². The van der Waals surface area contributed by atoms with Gasteiger partial charge < -0.3 is 4.74 Å². The summed E-state index contributed by atoms with van der Waals surface area (Å²) in [5, 5.41) is 0. The van der Waals surface area contributed by atoms with Crippen molar-refractivity contribution in [2.45, 2.75) is 0 Å². The van der Waals surface area contributed by atoms with E-state index in [1.165, 1.54) is 13.4 Å². The van der Waals surface area contributed by atoms with Crippen LogP contribution in [0.15, 0.2) is 10.8 Å². The number of rotatable bonds is 1. The molecule has 0 aliphatic rings. The van der Waals surface area contributed by atoms with Crippen molar-refractivity contribution in [3.63, 3.8) is 0 Å². The van der Waals surface area contributed by atoms with Gasteiger partial charge in [0, 0.05) is 0 Å². The molecule has 36 valence electrons. The number of halogens is 2. The van der Waals surface area contributed by atoms with Crippen molar-refractivity contribution in [1.82, 2.24) is 0 Å². The van der Waals surface area contributed by atoms with E-state index in [0.717, 1.165) is 0 Å². The van der Waals surface area contributed by atoms with Gasteiger partial charge in [-0.25, -0.2) is 0 Å². The van der Waals surface area contributed by atoms with Crippen molar-refractivity contribution in [2.75, 3.05) is 7.11 Å². The second kappa shape index (κ2) is 3.32. The van der Waals surface area contributed by atoms with E-state index in [2.05, 4.69) is 4.74 Å². The third-order valence-corrected chi connectivity index (χ3v) is 0.385. The normalized spacial score (nSPS) is 7.17. The molecular formula is C3H4Cl2O. The minimum absolute atomic E-state index is 0.137. The van der Waals surface area contributed by atoms with Gasteiger partial charge in [0.15, 0.2) is 0 Å². The Labute approximate surface area is 46.5 Å². The molecule has 0 aliphatic heterocycles. The van der Waals surface area contributed by atoms with Gasteiger partial charge in [0.25, 0.3) is 0 Å². The molecule has 0 saturated carbocycles. The molecule has 0 amide bonds. The van der Waals surface area contributed by atoms with Gasteiger partial charge >= 0.3 is 0 Å². The lowest BCUT2D eigenvalue weighted by Gasteiger charge is -1.81. The first-order valence-electron chi connectivity index (χ1n) is 1.31. The van der Waals surface area contributed by atoms with Crippen LogP contribution in [0.4, 0.5) is 0 Å². The Kier molecular flexibility index (Phi) is 3.38. The molecule has 0 aliphatic carbocycles. The fourth-order valence-corrected chi connectivity index (χ4v) is 0.267. The van der Waals surface area contributed by atoms with E-state index in [0.29, 0.717) is 0 Å². The zero-order valence-electron chi connectivity index (χ0n) is 3.24. The molecule has 0 radical (unpaired) electrons. The Balaban J connectivity index is 3.14. The van der Waals surface area contributed by atoms with E-state index < -0.39 is 0 Å². The first kappa shape index (κ1) is 6.12. The number of hydrogen-bond acceptors (Lipinski definition) is 1. The molecule has 6 heavy (non-hydrogen) atoms. The van der Waals surface area contributed by atoms with Crippen LogP contribution in [0.25, 0.3) is 0 Å². The highest BCUT2D eigenvalue weighted by Crippen LogP contribution is 2.04. The Morgan fingerprint density at radius 1 is 1.67 bits per heavy atom. The van der Waals surface area contributed by atoms with Crippen molar-refractivity contribution in [3.8, 4) is 0 Å². The second-order valence-electron chi connectivity index (χ2n) is 0.643. The fourth-order valence-electron chi connectivity index (χ4n) is 0.0891. The van der Waals surface area contributed by atoms with Crippen LogP contribution in [0.1, 0.15) is 0 Å². The second-order valence-corrected chi connectivity index (χ2v) is 1.65. The first-order valence-corrected chi connectivity index (χ1v) is 2.07. The van der Waals surface area contributed by atoms with Gasteiger partial charge in [-0.15, -0.1) is 0 Å². The Bertz CT molecular complexity index is 55.8. The summed E-state index contributed by atoms with van der Waals surface area (Å²) < 4.78 is 4.51. The molecule has 0 aromatic carbocycles. The maximum Gasteiger partial charge on any atom is 0.141 e. The highest BCUT2D eigenvalue weighted by atomic mass is 35.5. The highest BCUT2D eigenvalue weighted by Gasteiger charge is 1.74. The minimum atomic E-state index is 0.137. The SMILES string of the molecule is COC=C(Cl)Cl. The Hall–Kier alpha value is 0.120. The van der Waals surface area contributed by atoms with Crippen LogP contribution in [0, 0.1) is 0 Å². The van der Waals surface area contributed by atoms with Crippen molar-refractivity contribution >= 4 is 23.2 Å². The molecule has 0 aromatic rings. The van der Waals surface area contributed by atoms with Crippen LogP contribution in [-0.4, -0.2) is 7.11 Å². The molecule has 0 spiro atoms. The molecule has 0 N–H and O–H groups in total. The molecule has 0 fully saturated rings. The summed E-state index contributed by atoms with van der Waals surface area (Å²) in [5.74, 6) is 0. The van der Waals surface area contributed by atoms with Crippen LogP contribution in [-0.2, 0) is 4.74 Å². The van der Waals surface area contributed by atoms with E-state index in [-0.39, 0.29) is 4.49 Å². The van der Waals surface area contributed by atoms with Crippen molar-refractivity contribution < 1.29 is 4.74 Å². The minimum Gasteiger partial charge on any atom is -0.502 e.